The lowest BCUT2D eigenvalue weighted by Gasteiger charge is -2.02. The Balaban J connectivity index is 2.39. The first-order chi connectivity index (χ1) is 4.88. The zero-order valence-electron chi connectivity index (χ0n) is 5.68. The molecule has 0 radical (unpaired) electrons. The Bertz CT molecular complexity index is 238. The Morgan fingerprint density at radius 1 is 1.30 bits per heavy atom. The van der Waals surface area contributed by atoms with E-state index >= 15 is 0 Å². The topological polar surface area (TPSA) is 29.1 Å². The standard InChI is InChI=1S/C8H9NO/c10-8-7-4-2-1-3-6(7)5-9-8/h3-4H,1-2,5H2,(H,9,10). The van der Waals surface area contributed by atoms with Gasteiger partial charge in [-0.05, 0) is 18.4 Å². The van der Waals surface area contributed by atoms with Gasteiger partial charge < -0.3 is 5.32 Å². The van der Waals surface area contributed by atoms with Crippen molar-refractivity contribution < 1.29 is 4.79 Å². The molecule has 0 bridgehead atoms. The number of nitrogens with one attached hydrogen (secondary N) is 1. The van der Waals surface area contributed by atoms with Crippen molar-refractivity contribution in [2.24, 2.45) is 0 Å². The smallest absolute Gasteiger partial charge is 0.251 e. The third kappa shape index (κ3) is 0.685. The summed E-state index contributed by atoms with van der Waals surface area (Å²) in [5.41, 5.74) is 2.10. The van der Waals surface area contributed by atoms with Crippen molar-refractivity contribution in [1.29, 1.82) is 0 Å². The van der Waals surface area contributed by atoms with Crippen molar-refractivity contribution in [3.63, 3.8) is 0 Å². The highest BCUT2D eigenvalue weighted by Gasteiger charge is 2.22. The van der Waals surface area contributed by atoms with Crippen LogP contribution in [0.25, 0.3) is 0 Å². The highest BCUT2D eigenvalue weighted by atomic mass is 16.2. The van der Waals surface area contributed by atoms with Crippen LogP contribution in [0.5, 0.6) is 0 Å². The largest absolute Gasteiger partial charge is 0.348 e. The molecule has 0 saturated carbocycles. The Morgan fingerprint density at radius 3 is 2.90 bits per heavy atom. The summed E-state index contributed by atoms with van der Waals surface area (Å²) in [6.07, 6.45) is 6.28. The fourth-order valence-corrected chi connectivity index (χ4v) is 1.40. The van der Waals surface area contributed by atoms with E-state index in [-0.39, 0.29) is 5.91 Å². The van der Waals surface area contributed by atoms with Crippen LogP contribution in [0.2, 0.25) is 0 Å². The maximum Gasteiger partial charge on any atom is 0.251 e. The number of amides is 1. The SMILES string of the molecule is O=C1NCC2=CCCC=C12. The van der Waals surface area contributed by atoms with Crippen LogP contribution in [-0.2, 0) is 4.79 Å². The van der Waals surface area contributed by atoms with E-state index in [2.05, 4.69) is 11.4 Å². The number of carbonyl (C=O) groups excluding carboxylic acids is 1. The quantitative estimate of drug-likeness (QED) is 0.522. The fraction of sp³-hybridized carbons (Fsp3) is 0.375. The average Bonchev–Trinajstić information content (AvgIpc) is 2.34. The molecule has 52 valence electrons. The minimum atomic E-state index is 0.103. The molecule has 2 aliphatic rings. The highest BCUT2D eigenvalue weighted by molar-refractivity contribution is 6.01. The Labute approximate surface area is 59.6 Å². The molecular formula is C8H9NO. The zero-order chi connectivity index (χ0) is 6.97. The lowest BCUT2D eigenvalue weighted by Crippen LogP contribution is -2.13. The molecule has 0 spiro atoms. The molecule has 2 rings (SSSR count). The molecule has 10 heavy (non-hydrogen) atoms. The van der Waals surface area contributed by atoms with Crippen LogP contribution >= 0.6 is 0 Å². The second-order valence-electron chi connectivity index (χ2n) is 2.61. The average molecular weight is 135 g/mol. The van der Waals surface area contributed by atoms with E-state index in [9.17, 15) is 4.79 Å². The molecule has 2 nitrogen and oxygen atoms in total. The molecule has 1 saturated heterocycles. The maximum absolute atomic E-state index is 11.0. The number of rotatable bonds is 0. The molecule has 1 heterocycles. The van der Waals surface area contributed by atoms with Gasteiger partial charge in [0, 0.05) is 12.1 Å². The monoisotopic (exact) mass is 135 g/mol. The summed E-state index contributed by atoms with van der Waals surface area (Å²) in [6, 6.07) is 0. The summed E-state index contributed by atoms with van der Waals surface area (Å²) >= 11 is 0. The van der Waals surface area contributed by atoms with Gasteiger partial charge in [0.25, 0.3) is 5.91 Å². The third-order valence-corrected chi connectivity index (χ3v) is 1.94. The van der Waals surface area contributed by atoms with Crippen LogP contribution in [0.4, 0.5) is 0 Å². The van der Waals surface area contributed by atoms with Crippen molar-refractivity contribution in [3.05, 3.63) is 23.3 Å². The van der Waals surface area contributed by atoms with Gasteiger partial charge >= 0.3 is 0 Å². The summed E-state index contributed by atoms with van der Waals surface area (Å²) in [5.74, 6) is 0.103. The second-order valence-corrected chi connectivity index (χ2v) is 2.61. The Hall–Kier alpha value is -1.05. The Kier molecular flexibility index (Phi) is 1.13. The molecule has 1 amide bonds. The summed E-state index contributed by atoms with van der Waals surface area (Å²) in [6.45, 7) is 0.741. The second kappa shape index (κ2) is 1.97. The molecule has 2 heteroatoms. The van der Waals surface area contributed by atoms with E-state index in [1.807, 2.05) is 6.08 Å². The van der Waals surface area contributed by atoms with Crippen LogP contribution in [-0.4, -0.2) is 12.5 Å². The number of fused-ring (bicyclic) bond motifs is 1. The lowest BCUT2D eigenvalue weighted by atomic mass is 10.0. The highest BCUT2D eigenvalue weighted by Crippen LogP contribution is 2.21. The van der Waals surface area contributed by atoms with Gasteiger partial charge in [-0.3, -0.25) is 4.79 Å². The summed E-state index contributed by atoms with van der Waals surface area (Å²) in [7, 11) is 0. The van der Waals surface area contributed by atoms with E-state index in [0.717, 1.165) is 25.0 Å². The Morgan fingerprint density at radius 2 is 2.10 bits per heavy atom. The number of allylic oxidation sites excluding steroid dienone is 2. The van der Waals surface area contributed by atoms with Crippen molar-refractivity contribution in [2.75, 3.05) is 6.54 Å². The van der Waals surface area contributed by atoms with Gasteiger partial charge in [-0.25, -0.2) is 0 Å². The first kappa shape index (κ1) is 5.71. The van der Waals surface area contributed by atoms with Crippen LogP contribution in [0.3, 0.4) is 0 Å². The predicted octanol–water partition coefficient (Wildman–Crippen LogP) is 0.763. The van der Waals surface area contributed by atoms with Crippen LogP contribution in [0.15, 0.2) is 23.3 Å². The van der Waals surface area contributed by atoms with E-state index in [4.69, 9.17) is 0 Å². The van der Waals surface area contributed by atoms with E-state index in [0.29, 0.717) is 0 Å². The van der Waals surface area contributed by atoms with Gasteiger partial charge in [-0.15, -0.1) is 0 Å². The first-order valence-corrected chi connectivity index (χ1v) is 3.56. The van der Waals surface area contributed by atoms with Gasteiger partial charge in [0.05, 0.1) is 0 Å². The molecular weight excluding hydrogens is 126 g/mol. The van der Waals surface area contributed by atoms with E-state index < -0.39 is 0 Å². The molecule has 1 fully saturated rings. The van der Waals surface area contributed by atoms with Crippen molar-refractivity contribution in [3.8, 4) is 0 Å². The van der Waals surface area contributed by atoms with E-state index in [1.165, 1.54) is 5.57 Å². The van der Waals surface area contributed by atoms with Crippen LogP contribution < -0.4 is 5.32 Å². The molecule has 0 unspecified atom stereocenters. The molecule has 1 aliphatic heterocycles. The normalized spacial score (nSPS) is 23.0. The zero-order valence-corrected chi connectivity index (χ0v) is 5.68. The third-order valence-electron chi connectivity index (χ3n) is 1.94. The van der Waals surface area contributed by atoms with Gasteiger partial charge in [-0.2, -0.15) is 0 Å². The van der Waals surface area contributed by atoms with Crippen molar-refractivity contribution in [2.45, 2.75) is 12.8 Å². The molecule has 1 N–H and O–H groups in total. The number of hydrogen-bond acceptors (Lipinski definition) is 1. The summed E-state index contributed by atoms with van der Waals surface area (Å²) in [4.78, 5) is 11.0. The molecule has 0 aromatic rings. The fourth-order valence-electron chi connectivity index (χ4n) is 1.40. The molecule has 0 aromatic carbocycles. The van der Waals surface area contributed by atoms with Gasteiger partial charge in [0.1, 0.15) is 0 Å². The molecule has 0 aromatic heterocycles. The van der Waals surface area contributed by atoms with Crippen LogP contribution in [0.1, 0.15) is 12.8 Å². The summed E-state index contributed by atoms with van der Waals surface area (Å²) < 4.78 is 0. The molecule has 0 atom stereocenters. The van der Waals surface area contributed by atoms with Gasteiger partial charge in [0.15, 0.2) is 0 Å². The predicted molar refractivity (Wildman–Crippen MR) is 38.4 cm³/mol. The summed E-state index contributed by atoms with van der Waals surface area (Å²) in [5, 5.41) is 2.79. The van der Waals surface area contributed by atoms with Crippen LogP contribution in [0, 0.1) is 0 Å². The lowest BCUT2D eigenvalue weighted by molar-refractivity contribution is -0.116. The number of carbonyl (C=O) groups is 1. The van der Waals surface area contributed by atoms with E-state index in [1.54, 1.807) is 0 Å². The van der Waals surface area contributed by atoms with Gasteiger partial charge in [-0.1, -0.05) is 12.2 Å². The molecule has 1 aliphatic carbocycles. The maximum atomic E-state index is 11.0. The minimum absolute atomic E-state index is 0.103. The van der Waals surface area contributed by atoms with Gasteiger partial charge in [0.2, 0.25) is 0 Å². The number of hydrogen-bond donors (Lipinski definition) is 1. The van der Waals surface area contributed by atoms with Crippen molar-refractivity contribution >= 4 is 5.91 Å². The van der Waals surface area contributed by atoms with Crippen molar-refractivity contribution in [1.82, 2.24) is 5.32 Å². The minimum Gasteiger partial charge on any atom is -0.348 e. The first-order valence-electron chi connectivity index (χ1n) is 3.56.